The number of carbonyl (C=O) groups is 2. The van der Waals surface area contributed by atoms with Gasteiger partial charge in [-0.2, -0.15) is 0 Å². The molecule has 0 radical (unpaired) electrons. The molecule has 1 aromatic heterocycles. The minimum atomic E-state index is -1.17. The van der Waals surface area contributed by atoms with Crippen LogP contribution in [0.5, 0.6) is 0 Å². The van der Waals surface area contributed by atoms with E-state index in [0.29, 0.717) is 16.2 Å². The van der Waals surface area contributed by atoms with E-state index in [1.165, 1.54) is 16.3 Å². The molecule has 0 amide bonds. The summed E-state index contributed by atoms with van der Waals surface area (Å²) in [4.78, 5) is 26.7. The van der Waals surface area contributed by atoms with Crippen molar-refractivity contribution in [1.29, 1.82) is 0 Å². The van der Waals surface area contributed by atoms with Gasteiger partial charge in [-0.3, -0.25) is 4.79 Å². The van der Waals surface area contributed by atoms with Crippen molar-refractivity contribution in [2.45, 2.75) is 24.5 Å². The van der Waals surface area contributed by atoms with Crippen LogP contribution in [-0.2, 0) is 9.59 Å². The van der Waals surface area contributed by atoms with Gasteiger partial charge in [0.05, 0.1) is 17.5 Å². The minimum absolute atomic E-state index is 0.479. The molecule has 0 aliphatic heterocycles. The molecule has 0 fully saturated rings. The molecule has 0 saturated heterocycles. The number of para-hydroxylation sites is 2. The molecule has 0 saturated carbocycles. The maximum Gasteiger partial charge on any atom is 0.327 e. The van der Waals surface area contributed by atoms with Crippen LogP contribution in [0.25, 0.3) is 11.0 Å². The number of rotatable bonds is 6. The van der Waals surface area contributed by atoms with Crippen LogP contribution in [0.2, 0.25) is 0 Å². The van der Waals surface area contributed by atoms with Crippen LogP contribution >= 0.6 is 11.8 Å². The molecular weight excluding hydrogens is 280 g/mol. The van der Waals surface area contributed by atoms with Crippen LogP contribution in [0.15, 0.2) is 29.4 Å². The fourth-order valence-electron chi connectivity index (χ4n) is 2.01. The number of benzene rings is 1. The van der Waals surface area contributed by atoms with Crippen molar-refractivity contribution in [1.82, 2.24) is 9.55 Å². The summed E-state index contributed by atoms with van der Waals surface area (Å²) in [6.45, 7) is 1.93. The van der Waals surface area contributed by atoms with Crippen molar-refractivity contribution >= 4 is 34.7 Å². The summed E-state index contributed by atoms with van der Waals surface area (Å²) in [7, 11) is 0. The van der Waals surface area contributed by atoms with Gasteiger partial charge in [-0.1, -0.05) is 30.8 Å². The molecule has 6 nitrogen and oxygen atoms in total. The van der Waals surface area contributed by atoms with E-state index in [2.05, 4.69) is 4.98 Å². The number of imidazole rings is 1. The van der Waals surface area contributed by atoms with Crippen molar-refractivity contribution < 1.29 is 19.8 Å². The molecule has 2 N–H and O–H groups in total. The SMILES string of the molecule is CCSc1nc2ccccc2n1[C@H](CC(=O)O)C(=O)O. The number of nitrogens with zero attached hydrogens (tertiary/aromatic N) is 2. The molecule has 0 unspecified atom stereocenters. The molecule has 106 valence electrons. The number of aliphatic carboxylic acids is 2. The number of carboxylic acids is 2. The van der Waals surface area contributed by atoms with Crippen LogP contribution in [0, 0.1) is 0 Å². The molecule has 0 aliphatic rings. The molecular formula is C13H14N2O4S. The summed E-state index contributed by atoms with van der Waals surface area (Å²) >= 11 is 1.40. The zero-order valence-electron chi connectivity index (χ0n) is 10.8. The van der Waals surface area contributed by atoms with Crippen molar-refractivity contribution in [3.63, 3.8) is 0 Å². The predicted octanol–water partition coefficient (Wildman–Crippen LogP) is 2.25. The Labute approximate surface area is 119 Å². The van der Waals surface area contributed by atoms with Gasteiger partial charge >= 0.3 is 11.9 Å². The van der Waals surface area contributed by atoms with E-state index in [-0.39, 0.29) is 0 Å². The quantitative estimate of drug-likeness (QED) is 0.794. The molecule has 1 heterocycles. The highest BCUT2D eigenvalue weighted by molar-refractivity contribution is 7.99. The number of hydrogen-bond acceptors (Lipinski definition) is 4. The van der Waals surface area contributed by atoms with Crippen LogP contribution in [-0.4, -0.2) is 37.5 Å². The zero-order chi connectivity index (χ0) is 14.7. The maximum atomic E-state index is 11.4. The molecule has 7 heteroatoms. The molecule has 0 aliphatic carbocycles. The van der Waals surface area contributed by atoms with Crippen LogP contribution in [0.1, 0.15) is 19.4 Å². The number of hydrogen-bond donors (Lipinski definition) is 2. The maximum absolute atomic E-state index is 11.4. The largest absolute Gasteiger partial charge is 0.481 e. The third kappa shape index (κ3) is 2.77. The average Bonchev–Trinajstić information content (AvgIpc) is 2.74. The Morgan fingerprint density at radius 2 is 2.05 bits per heavy atom. The number of aromatic nitrogens is 2. The summed E-state index contributed by atoms with van der Waals surface area (Å²) in [6.07, 6.45) is -0.479. The molecule has 1 aromatic carbocycles. The lowest BCUT2D eigenvalue weighted by molar-refractivity contribution is -0.147. The Hall–Kier alpha value is -2.02. The van der Waals surface area contributed by atoms with Gasteiger partial charge in [0.25, 0.3) is 0 Å². The standard InChI is InChI=1S/C13H14N2O4S/c1-2-20-13-14-8-5-3-4-6-9(8)15(13)10(12(18)19)7-11(16)17/h3-6,10H,2,7H2,1H3,(H,16,17)(H,18,19)/t10-/m1/s1. The normalized spacial score (nSPS) is 12.4. The van der Waals surface area contributed by atoms with Gasteiger partial charge in [-0.15, -0.1) is 0 Å². The summed E-state index contributed by atoms with van der Waals surface area (Å²) in [5, 5.41) is 18.8. The Morgan fingerprint density at radius 1 is 1.35 bits per heavy atom. The predicted molar refractivity (Wildman–Crippen MR) is 75.1 cm³/mol. The van der Waals surface area contributed by atoms with Gasteiger partial charge in [0, 0.05) is 0 Å². The van der Waals surface area contributed by atoms with Gasteiger partial charge < -0.3 is 14.8 Å². The van der Waals surface area contributed by atoms with Gasteiger partial charge in [0.1, 0.15) is 6.04 Å². The van der Waals surface area contributed by atoms with Gasteiger partial charge in [0.15, 0.2) is 5.16 Å². The summed E-state index contributed by atoms with van der Waals surface area (Å²) in [5.74, 6) is -1.60. The van der Waals surface area contributed by atoms with Crippen molar-refractivity contribution in [3.8, 4) is 0 Å². The van der Waals surface area contributed by atoms with E-state index in [4.69, 9.17) is 5.11 Å². The topological polar surface area (TPSA) is 92.4 Å². The van der Waals surface area contributed by atoms with Gasteiger partial charge in [-0.25, -0.2) is 9.78 Å². The second-order valence-electron chi connectivity index (χ2n) is 4.14. The molecule has 20 heavy (non-hydrogen) atoms. The number of thioether (sulfide) groups is 1. The third-order valence-corrected chi connectivity index (χ3v) is 3.64. The fourth-order valence-corrected chi connectivity index (χ4v) is 2.79. The third-order valence-electron chi connectivity index (χ3n) is 2.80. The molecule has 2 rings (SSSR count). The lowest BCUT2D eigenvalue weighted by atomic mass is 10.2. The first kappa shape index (κ1) is 14.4. The first-order valence-electron chi connectivity index (χ1n) is 6.09. The lowest BCUT2D eigenvalue weighted by Gasteiger charge is -2.15. The monoisotopic (exact) mass is 294 g/mol. The minimum Gasteiger partial charge on any atom is -0.481 e. The highest BCUT2D eigenvalue weighted by atomic mass is 32.2. The highest BCUT2D eigenvalue weighted by Crippen LogP contribution is 2.29. The molecule has 0 spiro atoms. The summed E-state index contributed by atoms with van der Waals surface area (Å²) in [5.41, 5.74) is 1.30. The van der Waals surface area contributed by atoms with Gasteiger partial charge in [-0.05, 0) is 17.9 Å². The molecule has 2 aromatic rings. The second kappa shape index (κ2) is 5.96. The van der Waals surface area contributed by atoms with E-state index in [1.54, 1.807) is 18.2 Å². The van der Waals surface area contributed by atoms with Crippen LogP contribution in [0.4, 0.5) is 0 Å². The van der Waals surface area contributed by atoms with Crippen molar-refractivity contribution in [3.05, 3.63) is 24.3 Å². The Kier molecular flexibility index (Phi) is 4.29. The highest BCUT2D eigenvalue weighted by Gasteiger charge is 2.27. The fraction of sp³-hybridized carbons (Fsp3) is 0.308. The smallest absolute Gasteiger partial charge is 0.327 e. The van der Waals surface area contributed by atoms with Crippen LogP contribution in [0.3, 0.4) is 0 Å². The van der Waals surface area contributed by atoms with Crippen LogP contribution < -0.4 is 0 Å². The van der Waals surface area contributed by atoms with E-state index in [0.717, 1.165) is 5.75 Å². The van der Waals surface area contributed by atoms with E-state index in [9.17, 15) is 14.7 Å². The zero-order valence-corrected chi connectivity index (χ0v) is 11.6. The first-order chi connectivity index (χ1) is 9.54. The van der Waals surface area contributed by atoms with E-state index in [1.807, 2.05) is 13.0 Å². The summed E-state index contributed by atoms with van der Waals surface area (Å²) < 4.78 is 1.50. The first-order valence-corrected chi connectivity index (χ1v) is 7.07. The van der Waals surface area contributed by atoms with Gasteiger partial charge in [0.2, 0.25) is 0 Å². The van der Waals surface area contributed by atoms with Crippen molar-refractivity contribution in [2.75, 3.05) is 5.75 Å². The molecule has 1 atom stereocenters. The Morgan fingerprint density at radius 3 is 2.65 bits per heavy atom. The average molecular weight is 294 g/mol. The lowest BCUT2D eigenvalue weighted by Crippen LogP contribution is -2.22. The second-order valence-corrected chi connectivity index (χ2v) is 5.37. The molecule has 0 bridgehead atoms. The Bertz CT molecular complexity index is 653. The summed E-state index contributed by atoms with van der Waals surface area (Å²) in [6, 6.07) is 5.97. The van der Waals surface area contributed by atoms with E-state index < -0.39 is 24.4 Å². The Balaban J connectivity index is 2.61. The number of fused-ring (bicyclic) bond motifs is 1. The van der Waals surface area contributed by atoms with E-state index >= 15 is 0 Å². The number of carboxylic acid groups (broad SMARTS) is 2. The van der Waals surface area contributed by atoms with Crippen molar-refractivity contribution in [2.24, 2.45) is 0 Å².